The van der Waals surface area contributed by atoms with Crippen LogP contribution in [0.15, 0.2) is 102 Å². The Kier molecular flexibility index (Phi) is 8.41. The average molecular weight is 576 g/mol. The van der Waals surface area contributed by atoms with Crippen molar-refractivity contribution >= 4 is 21.7 Å². The van der Waals surface area contributed by atoms with Crippen molar-refractivity contribution in [2.75, 3.05) is 4.31 Å². The van der Waals surface area contributed by atoms with Gasteiger partial charge in [-0.25, -0.2) is 13.2 Å². The highest BCUT2D eigenvalue weighted by Gasteiger charge is 2.33. The van der Waals surface area contributed by atoms with E-state index in [1.165, 1.54) is 48.5 Å². The summed E-state index contributed by atoms with van der Waals surface area (Å²) in [5.74, 6) is -0.816. The number of alkyl halides is 3. The summed E-state index contributed by atoms with van der Waals surface area (Å²) in [5, 5.41) is 18.0. The van der Waals surface area contributed by atoms with Gasteiger partial charge in [0.2, 0.25) is 0 Å². The molecule has 41 heavy (non-hydrogen) atoms. The Bertz CT molecular complexity index is 1760. The van der Waals surface area contributed by atoms with Crippen LogP contribution in [-0.4, -0.2) is 14.4 Å². The Balaban J connectivity index is 1.67. The largest absolute Gasteiger partial charge is 0.457 e. The summed E-state index contributed by atoms with van der Waals surface area (Å²) in [6.45, 7) is -0.473. The highest BCUT2D eigenvalue weighted by atomic mass is 32.2. The number of nitrogens with zero attached hydrogens (tertiary/aromatic N) is 3. The van der Waals surface area contributed by atoms with E-state index in [0.717, 1.165) is 28.6 Å². The Morgan fingerprint density at radius 2 is 1.39 bits per heavy atom. The fraction of sp³-hybridized carbons (Fsp3) is 0.100. The fourth-order valence-corrected chi connectivity index (χ4v) is 5.31. The molecule has 0 aliphatic carbocycles. The van der Waals surface area contributed by atoms with E-state index in [1.54, 1.807) is 24.3 Å². The van der Waals surface area contributed by atoms with E-state index in [4.69, 9.17) is 15.3 Å². The number of esters is 1. The summed E-state index contributed by atoms with van der Waals surface area (Å²) < 4.78 is 74.2. The van der Waals surface area contributed by atoms with Crippen LogP contribution in [0.5, 0.6) is 0 Å². The minimum absolute atomic E-state index is 0.0814. The van der Waals surface area contributed by atoms with Gasteiger partial charge in [-0.05, 0) is 71.8 Å². The molecule has 0 unspecified atom stereocenters. The number of hydrogen-bond acceptors (Lipinski definition) is 6. The van der Waals surface area contributed by atoms with Gasteiger partial charge < -0.3 is 4.74 Å². The fourth-order valence-electron chi connectivity index (χ4n) is 3.82. The highest BCUT2D eigenvalue weighted by molar-refractivity contribution is 7.92. The van der Waals surface area contributed by atoms with E-state index in [2.05, 4.69) is 0 Å². The molecule has 0 fully saturated rings. The number of carbonyl (C=O) groups excluding carboxylic acids is 1. The molecule has 0 saturated carbocycles. The predicted octanol–water partition coefficient (Wildman–Crippen LogP) is 6.20. The summed E-state index contributed by atoms with van der Waals surface area (Å²) in [4.78, 5) is 12.4. The van der Waals surface area contributed by atoms with Gasteiger partial charge in [0.05, 0.1) is 51.5 Å². The number of ether oxygens (including phenoxy) is 1. The molecule has 0 radical (unpaired) electrons. The van der Waals surface area contributed by atoms with Crippen molar-refractivity contribution in [3.63, 3.8) is 0 Å². The number of anilines is 1. The lowest BCUT2D eigenvalue weighted by molar-refractivity contribution is -0.137. The first-order chi connectivity index (χ1) is 19.5. The smallest absolute Gasteiger partial charge is 0.416 e. The summed E-state index contributed by atoms with van der Waals surface area (Å²) in [6.07, 6.45) is -4.71. The van der Waals surface area contributed by atoms with Crippen molar-refractivity contribution in [3.05, 3.63) is 130 Å². The molecule has 0 amide bonds. The Morgan fingerprint density at radius 1 is 0.805 bits per heavy atom. The van der Waals surface area contributed by atoms with E-state index in [1.807, 2.05) is 12.1 Å². The van der Waals surface area contributed by atoms with Gasteiger partial charge in [-0.2, -0.15) is 23.7 Å². The minimum atomic E-state index is -4.71. The first-order valence-corrected chi connectivity index (χ1v) is 13.4. The van der Waals surface area contributed by atoms with Crippen molar-refractivity contribution in [3.8, 4) is 12.1 Å². The lowest BCUT2D eigenvalue weighted by Crippen LogP contribution is -2.31. The standard InChI is InChI=1S/C30H20F3N3O4S/c31-30(32,33)26-4-2-5-27(16-26)36(19-23-11-7-21(17-34)8-12-23)41(38,39)28-6-1-3-25(15-28)29(37)40-20-24-13-9-22(18-35)10-14-24/h1-16H,19-20H2. The number of sulfonamides is 1. The van der Waals surface area contributed by atoms with Gasteiger partial charge in [-0.15, -0.1) is 0 Å². The maximum atomic E-state index is 13.8. The highest BCUT2D eigenvalue weighted by Crippen LogP contribution is 2.34. The average Bonchev–Trinajstić information content (AvgIpc) is 2.98. The summed E-state index contributed by atoms with van der Waals surface area (Å²) >= 11 is 0. The summed E-state index contributed by atoms with van der Waals surface area (Å²) in [5.41, 5.74) is 0.441. The molecule has 0 aliphatic heterocycles. The second-order valence-electron chi connectivity index (χ2n) is 8.78. The van der Waals surface area contributed by atoms with Gasteiger partial charge in [-0.3, -0.25) is 4.31 Å². The van der Waals surface area contributed by atoms with E-state index in [0.29, 0.717) is 22.3 Å². The first-order valence-electron chi connectivity index (χ1n) is 12.0. The van der Waals surface area contributed by atoms with Crippen molar-refractivity contribution in [1.29, 1.82) is 10.5 Å². The summed E-state index contributed by atoms with van der Waals surface area (Å²) in [6, 6.07) is 25.2. The van der Waals surface area contributed by atoms with E-state index in [9.17, 15) is 26.4 Å². The van der Waals surface area contributed by atoms with Gasteiger partial charge in [0, 0.05) is 0 Å². The van der Waals surface area contributed by atoms with Crippen LogP contribution in [0.25, 0.3) is 0 Å². The molecule has 0 bridgehead atoms. The van der Waals surface area contributed by atoms with E-state index < -0.39 is 27.7 Å². The minimum Gasteiger partial charge on any atom is -0.457 e. The molecule has 4 aromatic carbocycles. The van der Waals surface area contributed by atoms with Crippen LogP contribution in [0, 0.1) is 22.7 Å². The number of nitriles is 2. The topological polar surface area (TPSA) is 111 Å². The molecule has 11 heteroatoms. The van der Waals surface area contributed by atoms with E-state index >= 15 is 0 Å². The maximum Gasteiger partial charge on any atom is 0.416 e. The molecule has 0 heterocycles. The van der Waals surface area contributed by atoms with Crippen LogP contribution in [0.4, 0.5) is 18.9 Å². The predicted molar refractivity (Wildman–Crippen MR) is 143 cm³/mol. The van der Waals surface area contributed by atoms with Crippen LogP contribution in [0.3, 0.4) is 0 Å². The zero-order chi connectivity index (χ0) is 29.6. The molecular formula is C30H20F3N3O4S. The molecule has 0 saturated heterocycles. The zero-order valence-electron chi connectivity index (χ0n) is 21.2. The van der Waals surface area contributed by atoms with Crippen LogP contribution in [0.2, 0.25) is 0 Å². The van der Waals surface area contributed by atoms with Crippen LogP contribution < -0.4 is 4.31 Å². The van der Waals surface area contributed by atoms with Gasteiger partial charge in [0.1, 0.15) is 6.61 Å². The van der Waals surface area contributed by atoms with Crippen molar-refractivity contribution in [2.45, 2.75) is 24.2 Å². The molecule has 4 aromatic rings. The van der Waals surface area contributed by atoms with Crippen molar-refractivity contribution in [1.82, 2.24) is 0 Å². The monoisotopic (exact) mass is 575 g/mol. The molecule has 206 valence electrons. The Labute approximate surface area is 234 Å². The van der Waals surface area contributed by atoms with E-state index in [-0.39, 0.29) is 29.3 Å². The van der Waals surface area contributed by atoms with Gasteiger partial charge >= 0.3 is 12.1 Å². The molecule has 0 N–H and O–H groups in total. The quantitative estimate of drug-likeness (QED) is 0.231. The van der Waals surface area contributed by atoms with Crippen LogP contribution >= 0.6 is 0 Å². The second kappa shape index (κ2) is 11.9. The third kappa shape index (κ3) is 6.90. The SMILES string of the molecule is N#Cc1ccc(COC(=O)c2cccc(S(=O)(=O)N(Cc3ccc(C#N)cc3)c3cccc(C(F)(F)F)c3)c2)cc1. The maximum absolute atomic E-state index is 13.8. The number of hydrogen-bond donors (Lipinski definition) is 0. The molecule has 0 aliphatic rings. The number of carbonyl (C=O) groups is 1. The summed E-state index contributed by atoms with van der Waals surface area (Å²) in [7, 11) is -4.50. The first kappa shape index (κ1) is 28.9. The zero-order valence-corrected chi connectivity index (χ0v) is 22.0. The van der Waals surface area contributed by atoms with Gasteiger partial charge in [0.15, 0.2) is 0 Å². The van der Waals surface area contributed by atoms with Gasteiger partial charge in [-0.1, -0.05) is 36.4 Å². The number of benzene rings is 4. The molecular weight excluding hydrogens is 555 g/mol. The van der Waals surface area contributed by atoms with Crippen molar-refractivity contribution in [2.24, 2.45) is 0 Å². The lowest BCUT2D eigenvalue weighted by atomic mass is 10.1. The number of halogens is 3. The third-order valence-corrected chi connectivity index (χ3v) is 7.75. The second-order valence-corrected chi connectivity index (χ2v) is 10.6. The molecule has 0 atom stereocenters. The Morgan fingerprint density at radius 3 is 1.98 bits per heavy atom. The van der Waals surface area contributed by atoms with Crippen LogP contribution in [-0.2, 0) is 34.1 Å². The molecule has 4 rings (SSSR count). The molecule has 0 spiro atoms. The Hall–Kier alpha value is -5.13. The third-order valence-electron chi connectivity index (χ3n) is 5.98. The number of rotatable bonds is 8. The van der Waals surface area contributed by atoms with Gasteiger partial charge in [0.25, 0.3) is 10.0 Å². The van der Waals surface area contributed by atoms with Crippen molar-refractivity contribution < 1.29 is 31.1 Å². The molecule has 7 nitrogen and oxygen atoms in total. The molecule has 0 aromatic heterocycles. The van der Waals surface area contributed by atoms with Crippen LogP contribution in [0.1, 0.15) is 38.2 Å². The lowest BCUT2D eigenvalue weighted by Gasteiger charge is -2.25. The normalized spacial score (nSPS) is 11.2.